The fourth-order valence-corrected chi connectivity index (χ4v) is 1.44. The topological polar surface area (TPSA) is 52.0 Å². The van der Waals surface area contributed by atoms with E-state index >= 15 is 0 Å². The maximum Gasteiger partial charge on any atom is 0.0394 e. The Labute approximate surface area is 73.6 Å². The molecular formula is C10H16N2. The van der Waals surface area contributed by atoms with Gasteiger partial charge in [0.05, 0.1) is 0 Å². The van der Waals surface area contributed by atoms with Gasteiger partial charge in [-0.3, -0.25) is 0 Å². The molecule has 0 heterocycles. The largest absolute Gasteiger partial charge is 0.398 e. The average molecular weight is 164 g/mol. The van der Waals surface area contributed by atoms with Gasteiger partial charge in [-0.1, -0.05) is 6.07 Å². The Morgan fingerprint density at radius 2 is 1.75 bits per heavy atom. The summed E-state index contributed by atoms with van der Waals surface area (Å²) in [5.41, 5.74) is 17.0. The third-order valence-corrected chi connectivity index (χ3v) is 2.43. The molecule has 0 fully saturated rings. The normalized spacial score (nSPS) is 10.3. The molecule has 0 aliphatic heterocycles. The highest BCUT2D eigenvalue weighted by molar-refractivity contribution is 5.59. The van der Waals surface area contributed by atoms with Crippen molar-refractivity contribution >= 4 is 5.69 Å². The molecule has 0 spiro atoms. The van der Waals surface area contributed by atoms with Gasteiger partial charge in [-0.25, -0.2) is 0 Å². The number of hydrogen-bond donors (Lipinski definition) is 2. The second-order valence-electron chi connectivity index (χ2n) is 3.23. The van der Waals surface area contributed by atoms with Gasteiger partial charge in [-0.2, -0.15) is 0 Å². The standard InChI is InChI=1S/C10H16N2/c1-6-4-7(2)9(5-11)10(12)8(6)3/h4H,5,11-12H2,1-3H3. The molecule has 0 aliphatic carbocycles. The quantitative estimate of drug-likeness (QED) is 0.620. The third-order valence-electron chi connectivity index (χ3n) is 2.43. The molecule has 66 valence electrons. The van der Waals surface area contributed by atoms with Crippen molar-refractivity contribution in [3.63, 3.8) is 0 Å². The second-order valence-corrected chi connectivity index (χ2v) is 3.23. The molecule has 0 aliphatic rings. The first-order valence-electron chi connectivity index (χ1n) is 4.13. The van der Waals surface area contributed by atoms with E-state index in [4.69, 9.17) is 11.5 Å². The second kappa shape index (κ2) is 3.15. The molecule has 0 saturated heterocycles. The number of rotatable bonds is 1. The predicted molar refractivity (Wildman–Crippen MR) is 53.0 cm³/mol. The van der Waals surface area contributed by atoms with Gasteiger partial charge in [-0.05, 0) is 43.0 Å². The number of nitrogens with two attached hydrogens (primary N) is 2. The molecular weight excluding hydrogens is 148 g/mol. The van der Waals surface area contributed by atoms with Crippen LogP contribution in [0.3, 0.4) is 0 Å². The monoisotopic (exact) mass is 164 g/mol. The van der Waals surface area contributed by atoms with Gasteiger partial charge < -0.3 is 11.5 Å². The van der Waals surface area contributed by atoms with Crippen LogP contribution >= 0.6 is 0 Å². The number of anilines is 1. The minimum atomic E-state index is 0.527. The zero-order valence-corrected chi connectivity index (χ0v) is 7.94. The SMILES string of the molecule is Cc1cc(C)c(CN)c(N)c1C. The summed E-state index contributed by atoms with van der Waals surface area (Å²) >= 11 is 0. The molecule has 2 nitrogen and oxygen atoms in total. The van der Waals surface area contributed by atoms with E-state index in [9.17, 15) is 0 Å². The fraction of sp³-hybridized carbons (Fsp3) is 0.400. The van der Waals surface area contributed by atoms with Crippen molar-refractivity contribution in [2.75, 3.05) is 5.73 Å². The summed E-state index contributed by atoms with van der Waals surface area (Å²) in [5, 5.41) is 0. The summed E-state index contributed by atoms with van der Waals surface area (Å²) < 4.78 is 0. The van der Waals surface area contributed by atoms with E-state index < -0.39 is 0 Å². The van der Waals surface area contributed by atoms with Crippen molar-refractivity contribution in [1.29, 1.82) is 0 Å². The van der Waals surface area contributed by atoms with Crippen LogP contribution in [0.1, 0.15) is 22.3 Å². The first kappa shape index (κ1) is 9.07. The van der Waals surface area contributed by atoms with E-state index in [-0.39, 0.29) is 0 Å². The molecule has 2 heteroatoms. The summed E-state index contributed by atoms with van der Waals surface area (Å²) in [5.74, 6) is 0. The molecule has 0 aromatic heterocycles. The molecule has 0 atom stereocenters. The van der Waals surface area contributed by atoms with Gasteiger partial charge in [0, 0.05) is 12.2 Å². The lowest BCUT2D eigenvalue weighted by Gasteiger charge is -2.12. The van der Waals surface area contributed by atoms with E-state index in [0.717, 1.165) is 16.8 Å². The molecule has 1 aromatic rings. The molecule has 12 heavy (non-hydrogen) atoms. The lowest BCUT2D eigenvalue weighted by Crippen LogP contribution is -2.06. The highest BCUT2D eigenvalue weighted by Gasteiger charge is 2.06. The summed E-state index contributed by atoms with van der Waals surface area (Å²) in [4.78, 5) is 0. The maximum atomic E-state index is 5.91. The van der Waals surface area contributed by atoms with E-state index in [1.807, 2.05) is 13.8 Å². The van der Waals surface area contributed by atoms with Gasteiger partial charge in [0.25, 0.3) is 0 Å². The first-order chi connectivity index (χ1) is 5.57. The Hall–Kier alpha value is -1.02. The van der Waals surface area contributed by atoms with Crippen molar-refractivity contribution in [3.8, 4) is 0 Å². The Morgan fingerprint density at radius 1 is 1.17 bits per heavy atom. The summed E-state index contributed by atoms with van der Waals surface area (Å²) in [6.45, 7) is 6.67. The minimum Gasteiger partial charge on any atom is -0.398 e. The molecule has 0 unspecified atom stereocenters. The molecule has 1 aromatic carbocycles. The van der Waals surface area contributed by atoms with Crippen molar-refractivity contribution in [2.24, 2.45) is 5.73 Å². The smallest absolute Gasteiger partial charge is 0.0394 e. The van der Waals surface area contributed by atoms with Crippen LogP contribution in [0.5, 0.6) is 0 Å². The molecule has 1 rings (SSSR count). The van der Waals surface area contributed by atoms with Gasteiger partial charge in [0.2, 0.25) is 0 Å². The van der Waals surface area contributed by atoms with Crippen LogP contribution in [0.4, 0.5) is 5.69 Å². The molecule has 0 bridgehead atoms. The maximum absolute atomic E-state index is 5.91. The van der Waals surface area contributed by atoms with Gasteiger partial charge in [-0.15, -0.1) is 0 Å². The van der Waals surface area contributed by atoms with Gasteiger partial charge >= 0.3 is 0 Å². The highest BCUT2D eigenvalue weighted by atomic mass is 14.6. The molecule has 0 saturated carbocycles. The van der Waals surface area contributed by atoms with Crippen molar-refractivity contribution in [2.45, 2.75) is 27.3 Å². The Balaban J connectivity index is 3.40. The van der Waals surface area contributed by atoms with Crippen molar-refractivity contribution < 1.29 is 0 Å². The highest BCUT2D eigenvalue weighted by Crippen LogP contribution is 2.23. The zero-order valence-electron chi connectivity index (χ0n) is 7.94. The lowest BCUT2D eigenvalue weighted by molar-refractivity contribution is 1.04. The van der Waals surface area contributed by atoms with Crippen LogP contribution in [0.2, 0.25) is 0 Å². The summed E-state index contributed by atoms with van der Waals surface area (Å²) in [6.07, 6.45) is 0. The van der Waals surface area contributed by atoms with E-state index in [0.29, 0.717) is 6.54 Å². The van der Waals surface area contributed by atoms with E-state index in [1.165, 1.54) is 11.1 Å². The molecule has 0 radical (unpaired) electrons. The molecule has 4 N–H and O–H groups in total. The van der Waals surface area contributed by atoms with E-state index in [2.05, 4.69) is 13.0 Å². The Morgan fingerprint density at radius 3 is 2.25 bits per heavy atom. The Kier molecular flexibility index (Phi) is 2.38. The Bertz CT molecular complexity index is 303. The van der Waals surface area contributed by atoms with Gasteiger partial charge in [0.15, 0.2) is 0 Å². The zero-order chi connectivity index (χ0) is 9.30. The van der Waals surface area contributed by atoms with Crippen LogP contribution in [0, 0.1) is 20.8 Å². The van der Waals surface area contributed by atoms with Crippen molar-refractivity contribution in [1.82, 2.24) is 0 Å². The number of nitrogen functional groups attached to an aromatic ring is 1. The van der Waals surface area contributed by atoms with Crippen LogP contribution < -0.4 is 11.5 Å². The predicted octanol–water partition coefficient (Wildman–Crippen LogP) is 1.65. The third kappa shape index (κ3) is 1.30. The molecule has 0 amide bonds. The minimum absolute atomic E-state index is 0.527. The first-order valence-corrected chi connectivity index (χ1v) is 4.13. The number of aryl methyl sites for hydroxylation is 2. The van der Waals surface area contributed by atoms with Crippen molar-refractivity contribution in [3.05, 3.63) is 28.3 Å². The number of benzene rings is 1. The van der Waals surface area contributed by atoms with Crippen LogP contribution in [-0.2, 0) is 6.54 Å². The summed E-state index contributed by atoms with van der Waals surface area (Å²) in [7, 11) is 0. The fourth-order valence-electron chi connectivity index (χ4n) is 1.44. The van der Waals surface area contributed by atoms with Crippen LogP contribution in [0.25, 0.3) is 0 Å². The summed E-state index contributed by atoms with van der Waals surface area (Å²) in [6, 6.07) is 2.13. The van der Waals surface area contributed by atoms with Crippen LogP contribution in [-0.4, -0.2) is 0 Å². The van der Waals surface area contributed by atoms with Crippen LogP contribution in [0.15, 0.2) is 6.07 Å². The van der Waals surface area contributed by atoms with E-state index in [1.54, 1.807) is 0 Å². The van der Waals surface area contributed by atoms with Gasteiger partial charge in [0.1, 0.15) is 0 Å². The lowest BCUT2D eigenvalue weighted by atomic mass is 9.98. The number of hydrogen-bond acceptors (Lipinski definition) is 2. The average Bonchev–Trinajstić information content (AvgIpc) is 2.01.